The van der Waals surface area contributed by atoms with Crippen LogP contribution in [0.4, 0.5) is 0 Å². The minimum Gasteiger partial charge on any atom is -0.415 e. The highest BCUT2D eigenvalue weighted by Crippen LogP contribution is 2.16. The van der Waals surface area contributed by atoms with Gasteiger partial charge in [-0.2, -0.15) is 0 Å². The summed E-state index contributed by atoms with van der Waals surface area (Å²) >= 11 is 0. The minimum absolute atomic E-state index is 0.625. The van der Waals surface area contributed by atoms with Gasteiger partial charge in [-0.15, -0.1) is 10.2 Å². The van der Waals surface area contributed by atoms with Gasteiger partial charge in [0.2, 0.25) is 5.89 Å². The van der Waals surface area contributed by atoms with Crippen LogP contribution in [-0.4, -0.2) is 22.8 Å². The molecule has 1 aliphatic rings. The molecule has 2 aromatic rings. The molecule has 19 heavy (non-hydrogen) atoms. The lowest BCUT2D eigenvalue weighted by Crippen LogP contribution is -3.14. The molecule has 1 aliphatic heterocycles. The monoisotopic (exact) mass is 258 g/mol. The van der Waals surface area contributed by atoms with Crippen molar-refractivity contribution in [3.8, 4) is 11.5 Å². The summed E-state index contributed by atoms with van der Waals surface area (Å²) in [6.07, 6.45) is 3.96. The van der Waals surface area contributed by atoms with Crippen LogP contribution in [0.3, 0.4) is 0 Å². The predicted molar refractivity (Wildman–Crippen MR) is 72.6 cm³/mol. The quantitative estimate of drug-likeness (QED) is 0.911. The molecule has 4 heteroatoms. The largest absolute Gasteiger partial charge is 0.415 e. The normalized spacial score (nSPS) is 23.4. The van der Waals surface area contributed by atoms with E-state index in [1.807, 2.05) is 30.3 Å². The van der Waals surface area contributed by atoms with Crippen LogP contribution in [0, 0.1) is 0 Å². The SMILES string of the molecule is C[C@@H]1CCCC[NH+]1Cc1nnc(-c2ccccc2)o1. The van der Waals surface area contributed by atoms with Crippen molar-refractivity contribution in [1.82, 2.24) is 10.2 Å². The van der Waals surface area contributed by atoms with Gasteiger partial charge in [0.1, 0.15) is 0 Å². The summed E-state index contributed by atoms with van der Waals surface area (Å²) in [7, 11) is 0. The smallest absolute Gasteiger partial charge is 0.271 e. The van der Waals surface area contributed by atoms with Gasteiger partial charge < -0.3 is 9.32 Å². The van der Waals surface area contributed by atoms with Crippen LogP contribution >= 0.6 is 0 Å². The first kappa shape index (κ1) is 12.4. The Hall–Kier alpha value is -1.68. The third kappa shape index (κ3) is 2.84. The number of rotatable bonds is 3. The van der Waals surface area contributed by atoms with E-state index in [4.69, 9.17) is 4.42 Å². The first-order chi connectivity index (χ1) is 9.33. The molecule has 3 rings (SSSR count). The van der Waals surface area contributed by atoms with Crippen LogP contribution in [0.25, 0.3) is 11.5 Å². The Morgan fingerprint density at radius 3 is 2.84 bits per heavy atom. The molecule has 0 amide bonds. The zero-order valence-electron chi connectivity index (χ0n) is 11.3. The first-order valence-corrected chi connectivity index (χ1v) is 7.05. The number of likely N-dealkylation sites (tertiary alicyclic amines) is 1. The molecule has 1 unspecified atom stereocenters. The van der Waals surface area contributed by atoms with E-state index in [1.165, 1.54) is 25.8 Å². The fraction of sp³-hybridized carbons (Fsp3) is 0.467. The van der Waals surface area contributed by atoms with Crippen LogP contribution in [0.5, 0.6) is 0 Å². The van der Waals surface area contributed by atoms with Crippen LogP contribution in [-0.2, 0) is 6.54 Å². The number of quaternary nitrogens is 1. The van der Waals surface area contributed by atoms with E-state index in [1.54, 1.807) is 4.90 Å². The van der Waals surface area contributed by atoms with E-state index in [2.05, 4.69) is 17.1 Å². The number of aromatic nitrogens is 2. The zero-order valence-corrected chi connectivity index (χ0v) is 11.3. The molecule has 1 fully saturated rings. The number of hydrogen-bond acceptors (Lipinski definition) is 3. The van der Waals surface area contributed by atoms with E-state index < -0.39 is 0 Å². The highest BCUT2D eigenvalue weighted by molar-refractivity contribution is 5.51. The molecular weight excluding hydrogens is 238 g/mol. The van der Waals surface area contributed by atoms with E-state index in [-0.39, 0.29) is 0 Å². The lowest BCUT2D eigenvalue weighted by atomic mass is 10.0. The summed E-state index contributed by atoms with van der Waals surface area (Å²) in [5.41, 5.74) is 0.989. The second kappa shape index (κ2) is 5.53. The van der Waals surface area contributed by atoms with E-state index in [9.17, 15) is 0 Å². The third-order valence-corrected chi connectivity index (χ3v) is 3.95. The summed E-state index contributed by atoms with van der Waals surface area (Å²) in [5.74, 6) is 1.38. The Kier molecular flexibility index (Phi) is 3.60. The molecule has 1 aromatic heterocycles. The molecule has 100 valence electrons. The van der Waals surface area contributed by atoms with E-state index in [0.717, 1.165) is 18.0 Å². The lowest BCUT2D eigenvalue weighted by molar-refractivity contribution is -0.943. The topological polar surface area (TPSA) is 43.4 Å². The van der Waals surface area contributed by atoms with Crippen LogP contribution in [0.2, 0.25) is 0 Å². The number of piperidine rings is 1. The molecule has 0 spiro atoms. The molecule has 2 atom stereocenters. The highest BCUT2D eigenvalue weighted by Gasteiger charge is 2.24. The van der Waals surface area contributed by atoms with Gasteiger partial charge in [-0.25, -0.2) is 0 Å². The Balaban J connectivity index is 1.71. The fourth-order valence-electron chi connectivity index (χ4n) is 2.73. The van der Waals surface area contributed by atoms with Crippen molar-refractivity contribution in [3.05, 3.63) is 36.2 Å². The summed E-state index contributed by atoms with van der Waals surface area (Å²) in [4.78, 5) is 1.56. The predicted octanol–water partition coefficient (Wildman–Crippen LogP) is 1.69. The zero-order chi connectivity index (χ0) is 13.1. The molecule has 1 aromatic carbocycles. The number of benzene rings is 1. The van der Waals surface area contributed by atoms with Crippen molar-refractivity contribution in [2.75, 3.05) is 6.54 Å². The number of hydrogen-bond donors (Lipinski definition) is 1. The van der Waals surface area contributed by atoms with Crippen molar-refractivity contribution < 1.29 is 9.32 Å². The highest BCUT2D eigenvalue weighted by atomic mass is 16.4. The van der Waals surface area contributed by atoms with Crippen LogP contribution in [0.1, 0.15) is 32.1 Å². The van der Waals surface area contributed by atoms with E-state index in [0.29, 0.717) is 11.9 Å². The first-order valence-electron chi connectivity index (χ1n) is 7.05. The molecule has 0 saturated carbocycles. The van der Waals surface area contributed by atoms with Gasteiger partial charge in [0.05, 0.1) is 12.6 Å². The number of nitrogens with zero attached hydrogens (tertiary/aromatic N) is 2. The Morgan fingerprint density at radius 1 is 1.21 bits per heavy atom. The number of nitrogens with one attached hydrogen (secondary N) is 1. The molecule has 2 heterocycles. The van der Waals surface area contributed by atoms with Crippen molar-refractivity contribution in [2.45, 2.75) is 38.8 Å². The second-order valence-electron chi connectivity index (χ2n) is 5.35. The van der Waals surface area contributed by atoms with E-state index >= 15 is 0 Å². The summed E-state index contributed by atoms with van der Waals surface area (Å²) in [5, 5.41) is 8.33. The summed E-state index contributed by atoms with van der Waals surface area (Å²) < 4.78 is 5.78. The van der Waals surface area contributed by atoms with Crippen molar-refractivity contribution in [3.63, 3.8) is 0 Å². The average Bonchev–Trinajstić information content (AvgIpc) is 2.91. The van der Waals surface area contributed by atoms with Gasteiger partial charge in [0.25, 0.3) is 5.89 Å². The maximum atomic E-state index is 5.78. The van der Waals surface area contributed by atoms with Gasteiger partial charge in [-0.3, -0.25) is 0 Å². The molecule has 0 aliphatic carbocycles. The Morgan fingerprint density at radius 2 is 2.05 bits per heavy atom. The summed E-state index contributed by atoms with van der Waals surface area (Å²) in [6.45, 7) is 4.37. The lowest BCUT2D eigenvalue weighted by Gasteiger charge is -2.28. The molecule has 1 saturated heterocycles. The van der Waals surface area contributed by atoms with Gasteiger partial charge in [0, 0.05) is 5.56 Å². The molecule has 4 nitrogen and oxygen atoms in total. The van der Waals surface area contributed by atoms with Crippen molar-refractivity contribution >= 4 is 0 Å². The fourth-order valence-corrected chi connectivity index (χ4v) is 2.73. The van der Waals surface area contributed by atoms with Gasteiger partial charge in [0.15, 0.2) is 6.54 Å². The average molecular weight is 258 g/mol. The van der Waals surface area contributed by atoms with Gasteiger partial charge >= 0.3 is 0 Å². The Labute approximate surface area is 113 Å². The van der Waals surface area contributed by atoms with Crippen LogP contribution in [0.15, 0.2) is 34.7 Å². The van der Waals surface area contributed by atoms with Crippen molar-refractivity contribution in [1.29, 1.82) is 0 Å². The molecular formula is C15H20N3O+. The summed E-state index contributed by atoms with van der Waals surface area (Å²) in [6, 6.07) is 10.6. The van der Waals surface area contributed by atoms with Gasteiger partial charge in [-0.05, 0) is 38.3 Å². The molecule has 1 N–H and O–H groups in total. The van der Waals surface area contributed by atoms with Crippen LogP contribution < -0.4 is 4.90 Å². The minimum atomic E-state index is 0.625. The maximum Gasteiger partial charge on any atom is 0.271 e. The second-order valence-corrected chi connectivity index (χ2v) is 5.35. The van der Waals surface area contributed by atoms with Crippen molar-refractivity contribution in [2.24, 2.45) is 0 Å². The van der Waals surface area contributed by atoms with Gasteiger partial charge in [-0.1, -0.05) is 18.2 Å². The third-order valence-electron chi connectivity index (χ3n) is 3.95. The Bertz CT molecular complexity index is 523. The standard InChI is InChI=1S/C15H19N3O/c1-12-7-5-6-10-18(12)11-14-16-17-15(19-14)13-8-3-2-4-9-13/h2-4,8-9,12H,5-7,10-11H2,1H3/p+1/t12-/m1/s1. The molecule has 0 bridgehead atoms. The maximum absolute atomic E-state index is 5.78. The molecule has 0 radical (unpaired) electrons.